The minimum Gasteiger partial charge on any atom is -0.461 e. The molecular formula is C12H21NO2. The second kappa shape index (κ2) is 3.21. The molecule has 0 aliphatic heterocycles. The molecule has 2 rings (SSSR count). The Kier molecular flexibility index (Phi) is 2.34. The molecule has 3 atom stereocenters. The molecule has 2 N–H and O–H groups in total. The lowest BCUT2D eigenvalue weighted by molar-refractivity contribution is -0.155. The summed E-state index contributed by atoms with van der Waals surface area (Å²) < 4.78 is 5.47. The molecule has 0 spiro atoms. The van der Waals surface area contributed by atoms with E-state index >= 15 is 0 Å². The summed E-state index contributed by atoms with van der Waals surface area (Å²) in [6.07, 6.45) is 3.56. The number of hydrogen-bond acceptors (Lipinski definition) is 3. The summed E-state index contributed by atoms with van der Waals surface area (Å²) in [5.41, 5.74) is 5.74. The van der Waals surface area contributed by atoms with Crippen molar-refractivity contribution >= 4 is 5.97 Å². The summed E-state index contributed by atoms with van der Waals surface area (Å²) in [6, 6.07) is 0. The summed E-state index contributed by atoms with van der Waals surface area (Å²) in [4.78, 5) is 11.3. The summed E-state index contributed by atoms with van der Waals surface area (Å²) >= 11 is 0. The predicted octanol–water partition coefficient (Wildman–Crippen LogP) is 1.70. The van der Waals surface area contributed by atoms with Crippen molar-refractivity contribution in [2.75, 3.05) is 6.54 Å². The van der Waals surface area contributed by atoms with Gasteiger partial charge in [0.25, 0.3) is 0 Å². The minimum absolute atomic E-state index is 0.00231. The van der Waals surface area contributed by atoms with E-state index in [1.807, 2.05) is 0 Å². The molecule has 2 saturated carbocycles. The van der Waals surface area contributed by atoms with Gasteiger partial charge in [-0.1, -0.05) is 20.8 Å². The molecule has 15 heavy (non-hydrogen) atoms. The van der Waals surface area contributed by atoms with Gasteiger partial charge in [0.15, 0.2) is 0 Å². The maximum absolute atomic E-state index is 11.3. The second-order valence-corrected chi connectivity index (χ2v) is 5.79. The molecular weight excluding hydrogens is 190 g/mol. The lowest BCUT2D eigenvalue weighted by Crippen LogP contribution is -2.39. The van der Waals surface area contributed by atoms with Crippen molar-refractivity contribution in [3.63, 3.8) is 0 Å². The van der Waals surface area contributed by atoms with Gasteiger partial charge in [0.05, 0.1) is 6.54 Å². The molecule has 2 fully saturated rings. The minimum atomic E-state index is -0.260. The van der Waals surface area contributed by atoms with Crippen molar-refractivity contribution in [3.05, 3.63) is 0 Å². The quantitative estimate of drug-likeness (QED) is 0.707. The average Bonchev–Trinajstić information content (AvgIpc) is 2.50. The number of ether oxygens (including phenoxy) is 1. The van der Waals surface area contributed by atoms with Crippen molar-refractivity contribution in [3.8, 4) is 0 Å². The second-order valence-electron chi connectivity index (χ2n) is 5.79. The van der Waals surface area contributed by atoms with Crippen LogP contribution in [0.4, 0.5) is 0 Å². The van der Waals surface area contributed by atoms with Crippen molar-refractivity contribution in [2.45, 2.75) is 46.1 Å². The highest BCUT2D eigenvalue weighted by Crippen LogP contribution is 2.66. The molecule has 0 radical (unpaired) electrons. The summed E-state index contributed by atoms with van der Waals surface area (Å²) in [5, 5.41) is 0. The Balaban J connectivity index is 2.15. The lowest BCUT2D eigenvalue weighted by Gasteiger charge is -2.38. The molecule has 3 nitrogen and oxygen atoms in total. The molecule has 0 heterocycles. The van der Waals surface area contributed by atoms with Gasteiger partial charge in [-0.3, -0.25) is 4.79 Å². The van der Waals surface area contributed by atoms with Crippen LogP contribution < -0.4 is 5.73 Å². The van der Waals surface area contributed by atoms with E-state index in [0.29, 0.717) is 11.3 Å². The third kappa shape index (κ3) is 1.32. The normalized spacial score (nSPS) is 41.9. The first-order valence-electron chi connectivity index (χ1n) is 5.81. The van der Waals surface area contributed by atoms with Crippen molar-refractivity contribution in [2.24, 2.45) is 22.5 Å². The molecule has 3 heteroatoms. The first kappa shape index (κ1) is 10.9. The fourth-order valence-electron chi connectivity index (χ4n) is 3.52. The highest BCUT2D eigenvalue weighted by Gasteiger charge is 2.62. The SMILES string of the molecule is CC1(C)[C@H]2CC[C@]1(C)[C@H](OC(=O)CN)C2. The van der Waals surface area contributed by atoms with Crippen LogP contribution in [0.25, 0.3) is 0 Å². The summed E-state index contributed by atoms with van der Waals surface area (Å²) in [7, 11) is 0. The molecule has 2 aliphatic rings. The van der Waals surface area contributed by atoms with Crippen molar-refractivity contribution in [1.29, 1.82) is 0 Å². The first-order chi connectivity index (χ1) is 6.91. The Morgan fingerprint density at radius 2 is 2.13 bits per heavy atom. The van der Waals surface area contributed by atoms with Gasteiger partial charge < -0.3 is 10.5 Å². The molecule has 0 aromatic heterocycles. The van der Waals surface area contributed by atoms with Gasteiger partial charge in [-0.2, -0.15) is 0 Å². The van der Waals surface area contributed by atoms with E-state index in [1.165, 1.54) is 12.8 Å². The monoisotopic (exact) mass is 211 g/mol. The van der Waals surface area contributed by atoms with E-state index < -0.39 is 0 Å². The Morgan fingerprint density at radius 3 is 2.53 bits per heavy atom. The molecule has 2 bridgehead atoms. The van der Waals surface area contributed by atoms with Gasteiger partial charge in [0.1, 0.15) is 6.10 Å². The van der Waals surface area contributed by atoms with Crippen LogP contribution in [0.2, 0.25) is 0 Å². The largest absolute Gasteiger partial charge is 0.461 e. The molecule has 0 amide bonds. The maximum atomic E-state index is 11.3. The van der Waals surface area contributed by atoms with Crippen LogP contribution in [-0.2, 0) is 9.53 Å². The van der Waals surface area contributed by atoms with E-state index in [4.69, 9.17) is 10.5 Å². The fraction of sp³-hybridized carbons (Fsp3) is 0.917. The van der Waals surface area contributed by atoms with Gasteiger partial charge in [-0.25, -0.2) is 0 Å². The number of rotatable bonds is 2. The molecule has 0 aromatic rings. The molecule has 0 unspecified atom stereocenters. The van der Waals surface area contributed by atoms with Gasteiger partial charge in [-0.05, 0) is 30.6 Å². The number of carbonyl (C=O) groups excluding carboxylic acids is 1. The van der Waals surface area contributed by atoms with E-state index in [2.05, 4.69) is 20.8 Å². The zero-order valence-corrected chi connectivity index (χ0v) is 9.88. The number of fused-ring (bicyclic) bond motifs is 2. The van der Waals surface area contributed by atoms with Gasteiger partial charge in [0.2, 0.25) is 0 Å². The standard InChI is InChI=1S/C12H21NO2/c1-11(2)8-4-5-12(11,3)9(6-8)15-10(14)7-13/h8-9H,4-7,13H2,1-3H3/t8-,9+,12+/m0/s1. The molecule has 0 saturated heterocycles. The van der Waals surface area contributed by atoms with E-state index in [1.54, 1.807) is 0 Å². The molecule has 86 valence electrons. The fourth-order valence-corrected chi connectivity index (χ4v) is 3.52. The van der Waals surface area contributed by atoms with E-state index in [0.717, 1.165) is 6.42 Å². The van der Waals surface area contributed by atoms with Crippen LogP contribution >= 0.6 is 0 Å². The maximum Gasteiger partial charge on any atom is 0.319 e. The van der Waals surface area contributed by atoms with Gasteiger partial charge in [0, 0.05) is 5.41 Å². The van der Waals surface area contributed by atoms with Crippen LogP contribution in [0.15, 0.2) is 0 Å². The third-order valence-electron chi connectivity index (χ3n) is 5.15. The molecule has 2 aliphatic carbocycles. The van der Waals surface area contributed by atoms with Gasteiger partial charge in [-0.15, -0.1) is 0 Å². The van der Waals surface area contributed by atoms with Crippen LogP contribution in [0.5, 0.6) is 0 Å². The van der Waals surface area contributed by atoms with Crippen LogP contribution in [0.3, 0.4) is 0 Å². The topological polar surface area (TPSA) is 52.3 Å². The number of carbonyl (C=O) groups is 1. The van der Waals surface area contributed by atoms with Crippen LogP contribution in [0.1, 0.15) is 40.0 Å². The summed E-state index contributed by atoms with van der Waals surface area (Å²) in [5.74, 6) is 0.447. The van der Waals surface area contributed by atoms with Crippen molar-refractivity contribution in [1.82, 2.24) is 0 Å². The number of esters is 1. The Morgan fingerprint density at radius 1 is 1.47 bits per heavy atom. The summed E-state index contributed by atoms with van der Waals surface area (Å²) in [6.45, 7) is 6.87. The number of nitrogens with two attached hydrogens (primary N) is 1. The Hall–Kier alpha value is -0.570. The highest BCUT2D eigenvalue weighted by molar-refractivity contribution is 5.71. The highest BCUT2D eigenvalue weighted by atomic mass is 16.5. The van der Waals surface area contributed by atoms with E-state index in [-0.39, 0.29) is 24.0 Å². The average molecular weight is 211 g/mol. The van der Waals surface area contributed by atoms with Crippen LogP contribution in [0, 0.1) is 16.7 Å². The predicted molar refractivity (Wildman–Crippen MR) is 58.2 cm³/mol. The molecule has 0 aromatic carbocycles. The van der Waals surface area contributed by atoms with Gasteiger partial charge >= 0.3 is 5.97 Å². The smallest absolute Gasteiger partial charge is 0.319 e. The Labute approximate surface area is 91.4 Å². The Bertz CT molecular complexity index is 287. The zero-order chi connectivity index (χ0) is 11.3. The third-order valence-corrected chi connectivity index (χ3v) is 5.15. The lowest BCUT2D eigenvalue weighted by atomic mass is 9.70. The van der Waals surface area contributed by atoms with Crippen LogP contribution in [-0.4, -0.2) is 18.6 Å². The number of hydrogen-bond donors (Lipinski definition) is 1. The zero-order valence-electron chi connectivity index (χ0n) is 9.88. The van der Waals surface area contributed by atoms with Crippen molar-refractivity contribution < 1.29 is 9.53 Å². The first-order valence-corrected chi connectivity index (χ1v) is 5.81. The van der Waals surface area contributed by atoms with E-state index in [9.17, 15) is 4.79 Å².